The van der Waals surface area contributed by atoms with Crippen molar-refractivity contribution in [3.8, 4) is 17.3 Å². The Hall–Kier alpha value is -2.87. The van der Waals surface area contributed by atoms with Crippen LogP contribution in [0.1, 0.15) is 32.3 Å². The Morgan fingerprint density at radius 2 is 2.00 bits per heavy atom. The molecule has 0 saturated carbocycles. The van der Waals surface area contributed by atoms with Crippen LogP contribution in [0.4, 0.5) is 5.69 Å². The summed E-state index contributed by atoms with van der Waals surface area (Å²) in [6, 6.07) is 12.1. The summed E-state index contributed by atoms with van der Waals surface area (Å²) < 4.78 is 1.58. The van der Waals surface area contributed by atoms with Gasteiger partial charge in [0.2, 0.25) is 0 Å². The lowest BCUT2D eigenvalue weighted by atomic mass is 9.92. The van der Waals surface area contributed by atoms with E-state index in [-0.39, 0.29) is 5.56 Å². The molecule has 0 fully saturated rings. The van der Waals surface area contributed by atoms with Crippen molar-refractivity contribution in [2.75, 3.05) is 18.5 Å². The van der Waals surface area contributed by atoms with Crippen LogP contribution in [0.3, 0.4) is 0 Å². The number of rotatable bonds is 4. The minimum absolute atomic E-state index is 0.0815. The third kappa shape index (κ3) is 2.96. The lowest BCUT2D eigenvalue weighted by Gasteiger charge is -2.29. The zero-order valence-electron chi connectivity index (χ0n) is 14.9. The van der Waals surface area contributed by atoms with Crippen molar-refractivity contribution < 1.29 is 0 Å². The summed E-state index contributed by atoms with van der Waals surface area (Å²) in [4.78, 5) is 14.9. The Kier molecular flexibility index (Phi) is 4.71. The predicted molar refractivity (Wildman–Crippen MR) is 100 cm³/mol. The van der Waals surface area contributed by atoms with Crippen LogP contribution in [0.2, 0.25) is 0 Å². The van der Waals surface area contributed by atoms with Gasteiger partial charge in [0.05, 0.1) is 18.2 Å². The maximum absolute atomic E-state index is 13.0. The van der Waals surface area contributed by atoms with Gasteiger partial charge in [-0.15, -0.1) is 0 Å². The molecule has 0 amide bonds. The second kappa shape index (κ2) is 6.94. The van der Waals surface area contributed by atoms with Crippen molar-refractivity contribution in [2.24, 2.45) is 0 Å². The summed E-state index contributed by atoms with van der Waals surface area (Å²) in [5, 5.41) is 14.1. The number of benzene rings is 1. The second-order valence-corrected chi connectivity index (χ2v) is 6.39. The van der Waals surface area contributed by atoms with Crippen LogP contribution in [0.5, 0.6) is 0 Å². The zero-order chi connectivity index (χ0) is 18.0. The number of nitrogens with zero attached hydrogens (tertiary/aromatic N) is 4. The lowest BCUT2D eigenvalue weighted by molar-refractivity contribution is 0.544. The number of hydrogen-bond acceptors (Lipinski definition) is 4. The van der Waals surface area contributed by atoms with Crippen LogP contribution in [0.25, 0.3) is 16.8 Å². The predicted octanol–water partition coefficient (Wildman–Crippen LogP) is 3.46. The minimum atomic E-state index is -0.0815. The van der Waals surface area contributed by atoms with Crippen molar-refractivity contribution in [3.63, 3.8) is 0 Å². The molecule has 25 heavy (non-hydrogen) atoms. The van der Waals surface area contributed by atoms with E-state index in [1.54, 1.807) is 4.68 Å². The molecule has 2 heterocycles. The Morgan fingerprint density at radius 3 is 2.64 bits per heavy atom. The summed E-state index contributed by atoms with van der Waals surface area (Å²) in [7, 11) is 1.86. The van der Waals surface area contributed by atoms with Crippen LogP contribution in [0, 0.1) is 11.3 Å². The summed E-state index contributed by atoms with van der Waals surface area (Å²) >= 11 is 0. The summed E-state index contributed by atoms with van der Waals surface area (Å²) in [6.07, 6.45) is 1.90. The van der Waals surface area contributed by atoms with E-state index in [9.17, 15) is 10.1 Å². The molecular weight excluding hydrogens is 312 g/mol. The van der Waals surface area contributed by atoms with E-state index >= 15 is 0 Å². The van der Waals surface area contributed by atoms with Gasteiger partial charge in [0.15, 0.2) is 0 Å². The molecule has 0 spiro atoms. The van der Waals surface area contributed by atoms with E-state index in [1.807, 2.05) is 49.2 Å². The fraction of sp³-hybridized carbons (Fsp3) is 0.350. The third-order valence-corrected chi connectivity index (χ3v) is 4.64. The molecule has 1 aliphatic heterocycles. The summed E-state index contributed by atoms with van der Waals surface area (Å²) in [5.74, 6) is 0. The van der Waals surface area contributed by atoms with Gasteiger partial charge in [-0.1, -0.05) is 43.7 Å². The van der Waals surface area contributed by atoms with Crippen molar-refractivity contribution in [3.05, 3.63) is 51.8 Å². The number of allylic oxidation sites excluding steroid dienone is 1. The normalized spacial score (nSPS) is 13.6. The van der Waals surface area contributed by atoms with E-state index in [4.69, 9.17) is 0 Å². The molecule has 2 aromatic rings. The van der Waals surface area contributed by atoms with Crippen LogP contribution >= 0.6 is 0 Å². The molecule has 0 N–H and O–H groups in total. The van der Waals surface area contributed by atoms with Crippen molar-refractivity contribution in [2.45, 2.75) is 33.2 Å². The zero-order valence-corrected chi connectivity index (χ0v) is 14.9. The standard InChI is InChI=1S/C20H22N4O/c1-4-5-11-24-20(25)19-17(14(2)16(12-21)13-23(19)3)18(22-24)15-9-7-6-8-10-15/h6-10H,4-5,11,13H2,1-3H3. The fourth-order valence-corrected chi connectivity index (χ4v) is 3.23. The van der Waals surface area contributed by atoms with E-state index in [1.165, 1.54) is 0 Å². The molecule has 1 aromatic heterocycles. The highest BCUT2D eigenvalue weighted by Crippen LogP contribution is 2.37. The molecule has 0 aliphatic carbocycles. The van der Waals surface area contributed by atoms with Crippen LogP contribution in [-0.2, 0) is 6.54 Å². The van der Waals surface area contributed by atoms with Gasteiger partial charge in [0.1, 0.15) is 11.4 Å². The van der Waals surface area contributed by atoms with E-state index in [2.05, 4.69) is 18.1 Å². The molecule has 0 unspecified atom stereocenters. The first-order chi connectivity index (χ1) is 12.1. The minimum Gasteiger partial charge on any atom is -0.364 e. The summed E-state index contributed by atoms with van der Waals surface area (Å²) in [6.45, 7) is 5.06. The number of unbranched alkanes of at least 4 members (excludes halogenated alkanes) is 1. The van der Waals surface area contributed by atoms with Crippen molar-refractivity contribution in [1.29, 1.82) is 5.26 Å². The number of anilines is 1. The SMILES string of the molecule is CCCCn1nc(-c2ccccc2)c2c(c1=O)N(C)CC(C#N)=C2C. The Bertz CT molecular complexity index is 919. The molecule has 0 saturated heterocycles. The molecule has 0 atom stereocenters. The third-order valence-electron chi connectivity index (χ3n) is 4.64. The fourth-order valence-electron chi connectivity index (χ4n) is 3.23. The van der Waals surface area contributed by atoms with Gasteiger partial charge < -0.3 is 4.90 Å². The number of nitriles is 1. The van der Waals surface area contributed by atoms with E-state index in [0.29, 0.717) is 24.4 Å². The molecule has 3 rings (SSSR count). The van der Waals surface area contributed by atoms with Gasteiger partial charge in [-0.2, -0.15) is 10.4 Å². The molecule has 1 aliphatic rings. The van der Waals surface area contributed by atoms with Gasteiger partial charge in [-0.05, 0) is 18.9 Å². The highest BCUT2D eigenvalue weighted by Gasteiger charge is 2.28. The largest absolute Gasteiger partial charge is 0.364 e. The maximum atomic E-state index is 13.0. The highest BCUT2D eigenvalue weighted by atomic mass is 16.1. The van der Waals surface area contributed by atoms with Gasteiger partial charge in [0.25, 0.3) is 5.56 Å². The molecule has 1 aromatic carbocycles. The molecule has 5 nitrogen and oxygen atoms in total. The Morgan fingerprint density at radius 1 is 1.28 bits per heavy atom. The van der Waals surface area contributed by atoms with E-state index < -0.39 is 0 Å². The van der Waals surface area contributed by atoms with Gasteiger partial charge in [0, 0.05) is 24.7 Å². The highest BCUT2D eigenvalue weighted by molar-refractivity contribution is 5.90. The topological polar surface area (TPSA) is 61.9 Å². The van der Waals surface area contributed by atoms with Crippen LogP contribution < -0.4 is 10.5 Å². The Balaban J connectivity index is 2.35. The average Bonchev–Trinajstić information content (AvgIpc) is 2.64. The number of likely N-dealkylation sites (N-methyl/N-ethyl adjacent to an activating group) is 1. The number of fused-ring (bicyclic) bond motifs is 1. The summed E-state index contributed by atoms with van der Waals surface area (Å²) in [5.41, 5.74) is 4.60. The maximum Gasteiger partial charge on any atom is 0.290 e. The van der Waals surface area contributed by atoms with Crippen LogP contribution in [-0.4, -0.2) is 23.4 Å². The van der Waals surface area contributed by atoms with Crippen LogP contribution in [0.15, 0.2) is 40.7 Å². The molecule has 128 valence electrons. The molecular formula is C20H22N4O. The quantitative estimate of drug-likeness (QED) is 0.859. The van der Waals surface area contributed by atoms with Crippen molar-refractivity contribution in [1.82, 2.24) is 9.78 Å². The first-order valence-electron chi connectivity index (χ1n) is 8.60. The number of aromatic nitrogens is 2. The first kappa shape index (κ1) is 17.0. The first-order valence-corrected chi connectivity index (χ1v) is 8.60. The second-order valence-electron chi connectivity index (χ2n) is 6.39. The number of aryl methyl sites for hydroxylation is 1. The molecule has 0 radical (unpaired) electrons. The average molecular weight is 334 g/mol. The Labute approximate surface area is 147 Å². The monoisotopic (exact) mass is 334 g/mol. The molecule has 5 heteroatoms. The number of hydrogen-bond donors (Lipinski definition) is 0. The van der Waals surface area contributed by atoms with Gasteiger partial charge in [-0.25, -0.2) is 4.68 Å². The lowest BCUT2D eigenvalue weighted by Crippen LogP contribution is -2.36. The molecule has 0 bridgehead atoms. The van der Waals surface area contributed by atoms with Gasteiger partial charge >= 0.3 is 0 Å². The van der Waals surface area contributed by atoms with E-state index in [0.717, 1.165) is 35.2 Å². The van der Waals surface area contributed by atoms with Crippen molar-refractivity contribution >= 4 is 11.3 Å². The van der Waals surface area contributed by atoms with Gasteiger partial charge in [-0.3, -0.25) is 4.79 Å². The smallest absolute Gasteiger partial charge is 0.290 e.